The van der Waals surface area contributed by atoms with Crippen LogP contribution >= 0.6 is 0 Å². The number of aromatic nitrogens is 2. The number of hydrogen-bond donors (Lipinski definition) is 4. The van der Waals surface area contributed by atoms with Crippen LogP contribution in [0.4, 0.5) is 23.7 Å². The van der Waals surface area contributed by atoms with Crippen LogP contribution in [0.2, 0.25) is 0 Å². The largest absolute Gasteiger partial charge is 0.418 e. The number of para-hydroxylation sites is 1. The first-order chi connectivity index (χ1) is 12.2. The molecule has 0 saturated heterocycles. The zero-order chi connectivity index (χ0) is 18.9. The minimum Gasteiger partial charge on any atom is -0.331 e. The van der Waals surface area contributed by atoms with Crippen LogP contribution in [0.1, 0.15) is 24.1 Å². The van der Waals surface area contributed by atoms with Crippen molar-refractivity contribution in [2.45, 2.75) is 19.1 Å². The number of carbonyl (C=O) groups is 1. The molecule has 9 heteroatoms. The number of fused-ring (bicyclic) bond motifs is 1. The van der Waals surface area contributed by atoms with Gasteiger partial charge in [0.1, 0.15) is 0 Å². The molecule has 3 rings (SSSR count). The number of carbonyl (C=O) groups excluding carboxylic acids is 1. The number of aromatic amines is 2. The van der Waals surface area contributed by atoms with Gasteiger partial charge in [-0.05, 0) is 36.8 Å². The number of urea groups is 1. The Morgan fingerprint density at radius 2 is 1.77 bits per heavy atom. The van der Waals surface area contributed by atoms with Crippen LogP contribution in [0.3, 0.4) is 0 Å². The smallest absolute Gasteiger partial charge is 0.331 e. The van der Waals surface area contributed by atoms with E-state index in [1.165, 1.54) is 18.2 Å². The number of imidazole rings is 1. The number of H-pyrrole nitrogens is 2. The van der Waals surface area contributed by atoms with Crippen molar-refractivity contribution < 1.29 is 18.0 Å². The van der Waals surface area contributed by atoms with Gasteiger partial charge in [0.25, 0.3) is 0 Å². The maximum atomic E-state index is 13.0. The van der Waals surface area contributed by atoms with Crippen molar-refractivity contribution in [1.82, 2.24) is 15.3 Å². The van der Waals surface area contributed by atoms with Gasteiger partial charge in [-0.25, -0.2) is 9.59 Å². The first-order valence-electron chi connectivity index (χ1n) is 7.70. The second-order valence-corrected chi connectivity index (χ2v) is 5.75. The fourth-order valence-electron chi connectivity index (χ4n) is 2.60. The number of hydrogen-bond acceptors (Lipinski definition) is 2. The molecule has 1 heterocycles. The van der Waals surface area contributed by atoms with Crippen LogP contribution in [-0.4, -0.2) is 16.0 Å². The summed E-state index contributed by atoms with van der Waals surface area (Å²) in [7, 11) is 0. The number of anilines is 1. The number of rotatable bonds is 3. The maximum absolute atomic E-state index is 13.0. The molecule has 6 nitrogen and oxygen atoms in total. The van der Waals surface area contributed by atoms with E-state index in [9.17, 15) is 22.8 Å². The van der Waals surface area contributed by atoms with Gasteiger partial charge in [0.2, 0.25) is 0 Å². The highest BCUT2D eigenvalue weighted by Gasteiger charge is 2.33. The molecular formula is C17H15F3N4O2. The summed E-state index contributed by atoms with van der Waals surface area (Å²) in [5.41, 5.74) is 0.286. The van der Waals surface area contributed by atoms with Crippen LogP contribution in [0, 0.1) is 0 Å². The normalized spacial score (nSPS) is 12.8. The van der Waals surface area contributed by atoms with Gasteiger partial charge < -0.3 is 20.6 Å². The Kier molecular flexibility index (Phi) is 4.45. The van der Waals surface area contributed by atoms with Gasteiger partial charge in [0.05, 0.1) is 28.3 Å². The summed E-state index contributed by atoms with van der Waals surface area (Å²) in [6, 6.07) is 8.55. The van der Waals surface area contributed by atoms with Crippen molar-refractivity contribution in [1.29, 1.82) is 0 Å². The number of halogens is 3. The molecular weight excluding hydrogens is 349 g/mol. The maximum Gasteiger partial charge on any atom is 0.418 e. The summed E-state index contributed by atoms with van der Waals surface area (Å²) in [6.07, 6.45) is -4.57. The van der Waals surface area contributed by atoms with Gasteiger partial charge >= 0.3 is 17.9 Å². The lowest BCUT2D eigenvalue weighted by molar-refractivity contribution is -0.136. The lowest BCUT2D eigenvalue weighted by Gasteiger charge is -2.17. The number of nitrogens with one attached hydrogen (secondary N) is 4. The first kappa shape index (κ1) is 17.6. The lowest BCUT2D eigenvalue weighted by atomic mass is 10.1. The number of benzene rings is 2. The summed E-state index contributed by atoms with van der Waals surface area (Å²) in [5.74, 6) is 0. The van der Waals surface area contributed by atoms with Crippen LogP contribution in [0.25, 0.3) is 11.0 Å². The summed E-state index contributed by atoms with van der Waals surface area (Å²) >= 11 is 0. The summed E-state index contributed by atoms with van der Waals surface area (Å²) in [6.45, 7) is 1.68. The fraction of sp³-hybridized carbons (Fsp3) is 0.176. The van der Waals surface area contributed by atoms with Crippen LogP contribution in [0.5, 0.6) is 0 Å². The van der Waals surface area contributed by atoms with E-state index in [-0.39, 0.29) is 11.4 Å². The molecule has 136 valence electrons. The van der Waals surface area contributed by atoms with Crippen molar-refractivity contribution >= 4 is 22.8 Å². The lowest BCUT2D eigenvalue weighted by Crippen LogP contribution is -2.31. The van der Waals surface area contributed by atoms with E-state index in [1.54, 1.807) is 25.1 Å². The Morgan fingerprint density at radius 1 is 1.08 bits per heavy atom. The topological polar surface area (TPSA) is 89.8 Å². The molecule has 4 N–H and O–H groups in total. The quantitative estimate of drug-likeness (QED) is 0.570. The van der Waals surface area contributed by atoms with Crippen molar-refractivity contribution in [3.63, 3.8) is 0 Å². The van der Waals surface area contributed by atoms with Crippen molar-refractivity contribution in [3.05, 3.63) is 64.1 Å². The van der Waals surface area contributed by atoms with Gasteiger partial charge in [-0.1, -0.05) is 18.2 Å². The molecule has 1 atom stereocenters. The van der Waals surface area contributed by atoms with E-state index in [2.05, 4.69) is 20.6 Å². The molecule has 3 aromatic rings. The molecule has 0 spiro atoms. The average molecular weight is 364 g/mol. The van der Waals surface area contributed by atoms with E-state index in [1.807, 2.05) is 0 Å². The number of amides is 2. The Labute approximate surface area is 145 Å². The van der Waals surface area contributed by atoms with Gasteiger partial charge in [0.15, 0.2) is 0 Å². The molecule has 2 amide bonds. The third-order valence-electron chi connectivity index (χ3n) is 3.87. The summed E-state index contributed by atoms with van der Waals surface area (Å²) in [4.78, 5) is 28.6. The summed E-state index contributed by atoms with van der Waals surface area (Å²) < 4.78 is 38.9. The van der Waals surface area contributed by atoms with E-state index in [0.29, 0.717) is 16.6 Å². The van der Waals surface area contributed by atoms with Gasteiger partial charge in [-0.3, -0.25) is 0 Å². The van der Waals surface area contributed by atoms with Gasteiger partial charge in [-0.15, -0.1) is 0 Å². The third kappa shape index (κ3) is 3.71. The Bertz CT molecular complexity index is 1010. The molecule has 1 aromatic heterocycles. The molecule has 0 saturated carbocycles. The van der Waals surface area contributed by atoms with E-state index < -0.39 is 23.8 Å². The zero-order valence-electron chi connectivity index (χ0n) is 13.6. The van der Waals surface area contributed by atoms with Crippen molar-refractivity contribution in [3.8, 4) is 0 Å². The molecule has 0 aliphatic rings. The Morgan fingerprint density at radius 3 is 2.50 bits per heavy atom. The van der Waals surface area contributed by atoms with E-state index in [0.717, 1.165) is 6.07 Å². The zero-order valence-corrected chi connectivity index (χ0v) is 13.6. The molecule has 0 fully saturated rings. The Hall–Kier alpha value is -3.23. The second kappa shape index (κ2) is 6.58. The van der Waals surface area contributed by atoms with Crippen LogP contribution in [0.15, 0.2) is 47.3 Å². The Balaban J connectivity index is 1.74. The first-order valence-corrected chi connectivity index (χ1v) is 7.70. The predicted octanol–water partition coefficient (Wildman–Crippen LogP) is 3.76. The molecule has 1 unspecified atom stereocenters. The standard InChI is InChI=1S/C17H15F3N4O2/c1-9(10-6-7-13-14(8-10)24-16(26)23-13)21-15(25)22-12-5-3-2-4-11(12)17(18,19)20/h2-9H,1H3,(H2,21,22,25)(H2,23,24,26). The molecule has 0 aliphatic carbocycles. The summed E-state index contributed by atoms with van der Waals surface area (Å²) in [5, 5.41) is 4.80. The van der Waals surface area contributed by atoms with E-state index in [4.69, 9.17) is 0 Å². The van der Waals surface area contributed by atoms with Gasteiger partial charge in [0, 0.05) is 0 Å². The predicted molar refractivity (Wildman–Crippen MR) is 90.9 cm³/mol. The van der Waals surface area contributed by atoms with E-state index >= 15 is 0 Å². The molecule has 2 aromatic carbocycles. The minimum absolute atomic E-state index is 0.324. The fourth-order valence-corrected chi connectivity index (χ4v) is 2.60. The molecule has 26 heavy (non-hydrogen) atoms. The van der Waals surface area contributed by atoms with Crippen LogP contribution < -0.4 is 16.3 Å². The SMILES string of the molecule is CC(NC(=O)Nc1ccccc1C(F)(F)F)c1ccc2[nH]c(=O)[nH]c2c1. The van der Waals surface area contributed by atoms with Crippen molar-refractivity contribution in [2.75, 3.05) is 5.32 Å². The average Bonchev–Trinajstić information content (AvgIpc) is 2.93. The second-order valence-electron chi connectivity index (χ2n) is 5.75. The molecule has 0 bridgehead atoms. The number of alkyl halides is 3. The van der Waals surface area contributed by atoms with Crippen LogP contribution in [-0.2, 0) is 6.18 Å². The molecule has 0 radical (unpaired) electrons. The third-order valence-corrected chi connectivity index (χ3v) is 3.87. The van der Waals surface area contributed by atoms with Crippen molar-refractivity contribution in [2.24, 2.45) is 0 Å². The monoisotopic (exact) mass is 364 g/mol. The molecule has 0 aliphatic heterocycles. The highest BCUT2D eigenvalue weighted by Crippen LogP contribution is 2.34. The minimum atomic E-state index is -4.57. The highest BCUT2D eigenvalue weighted by molar-refractivity contribution is 5.90. The van der Waals surface area contributed by atoms with Gasteiger partial charge in [-0.2, -0.15) is 13.2 Å². The highest BCUT2D eigenvalue weighted by atomic mass is 19.4.